The summed E-state index contributed by atoms with van der Waals surface area (Å²) in [6.45, 7) is 13.5. The number of piperazine rings is 1. The van der Waals surface area contributed by atoms with E-state index in [9.17, 15) is 0 Å². The van der Waals surface area contributed by atoms with E-state index in [1.165, 1.54) is 11.1 Å². The van der Waals surface area contributed by atoms with Crippen LogP contribution in [0, 0.1) is 0 Å². The number of rotatable bonds is 9. The van der Waals surface area contributed by atoms with E-state index in [-0.39, 0.29) is 24.0 Å². The normalized spacial score (nSPS) is 16.0. The molecule has 0 bridgehead atoms. The fraction of sp³-hybridized carbons (Fsp3) is 0.650. The van der Waals surface area contributed by atoms with Crippen LogP contribution in [0.3, 0.4) is 0 Å². The third kappa shape index (κ3) is 9.73. The molecule has 0 radical (unpaired) electrons. The second-order valence-electron chi connectivity index (χ2n) is 6.71. The van der Waals surface area contributed by atoms with Crippen LogP contribution in [0.15, 0.2) is 29.3 Å². The number of aliphatic imine (C=N–C) groups is 1. The van der Waals surface area contributed by atoms with E-state index in [1.807, 2.05) is 6.92 Å². The van der Waals surface area contributed by atoms with Crippen molar-refractivity contribution in [3.8, 4) is 0 Å². The predicted octanol–water partition coefficient (Wildman–Crippen LogP) is 2.14. The Balaban J connectivity index is 0.00000364. The summed E-state index contributed by atoms with van der Waals surface area (Å²) in [6, 6.07) is 8.86. The van der Waals surface area contributed by atoms with Gasteiger partial charge in [0.25, 0.3) is 0 Å². The highest BCUT2D eigenvalue weighted by Crippen LogP contribution is 2.10. The van der Waals surface area contributed by atoms with E-state index in [4.69, 9.17) is 4.74 Å². The quantitative estimate of drug-likeness (QED) is 0.241. The first-order valence-electron chi connectivity index (χ1n) is 9.80. The summed E-state index contributed by atoms with van der Waals surface area (Å²) < 4.78 is 5.35. The Bertz CT molecular complexity index is 530. The molecule has 1 aliphatic rings. The molecule has 2 N–H and O–H groups in total. The van der Waals surface area contributed by atoms with E-state index in [0.29, 0.717) is 13.2 Å². The third-order valence-electron chi connectivity index (χ3n) is 4.53. The number of hydrogen-bond donors (Lipinski definition) is 2. The molecular formula is C20H36IN5O. The van der Waals surface area contributed by atoms with E-state index in [0.717, 1.165) is 58.4 Å². The molecule has 0 amide bonds. The van der Waals surface area contributed by atoms with Crippen molar-refractivity contribution in [3.05, 3.63) is 35.4 Å². The zero-order valence-electron chi connectivity index (χ0n) is 17.0. The lowest BCUT2D eigenvalue weighted by molar-refractivity contribution is 0.148. The number of hydrogen-bond acceptors (Lipinski definition) is 4. The summed E-state index contributed by atoms with van der Waals surface area (Å²) in [5.74, 6) is 0.841. The molecule has 1 saturated heterocycles. The van der Waals surface area contributed by atoms with E-state index >= 15 is 0 Å². The molecule has 1 fully saturated rings. The van der Waals surface area contributed by atoms with Gasteiger partial charge in [0.05, 0.1) is 13.2 Å². The number of halogens is 1. The van der Waals surface area contributed by atoms with Crippen molar-refractivity contribution in [3.63, 3.8) is 0 Å². The number of benzene rings is 1. The molecule has 2 rings (SSSR count). The van der Waals surface area contributed by atoms with Gasteiger partial charge in [-0.25, -0.2) is 4.99 Å². The van der Waals surface area contributed by atoms with Crippen molar-refractivity contribution >= 4 is 29.9 Å². The van der Waals surface area contributed by atoms with Crippen LogP contribution in [0.5, 0.6) is 0 Å². The Kier molecular flexibility index (Phi) is 12.6. The van der Waals surface area contributed by atoms with Gasteiger partial charge >= 0.3 is 0 Å². The Morgan fingerprint density at radius 3 is 2.33 bits per heavy atom. The first kappa shape index (κ1) is 24.1. The molecule has 6 nitrogen and oxygen atoms in total. The Morgan fingerprint density at radius 2 is 1.70 bits per heavy atom. The second kappa shape index (κ2) is 14.1. The molecule has 0 unspecified atom stereocenters. The lowest BCUT2D eigenvalue weighted by Crippen LogP contribution is -2.43. The molecule has 1 aromatic rings. The zero-order valence-corrected chi connectivity index (χ0v) is 19.4. The molecule has 1 heterocycles. The minimum Gasteiger partial charge on any atom is -0.380 e. The highest BCUT2D eigenvalue weighted by atomic mass is 127. The standard InChI is InChI=1S/C20H35N5O.HI/c1-4-21-20(22-10-15-26-5-2)23-16-18-6-8-19(9-7-18)17-25-13-11-24(3)12-14-25;/h6-9H,4-5,10-17H2,1-3H3,(H2,21,22,23);1H. The van der Waals surface area contributed by atoms with Gasteiger partial charge in [0.2, 0.25) is 0 Å². The van der Waals surface area contributed by atoms with Crippen LogP contribution in [0.4, 0.5) is 0 Å². The van der Waals surface area contributed by atoms with E-state index in [2.05, 4.69) is 63.7 Å². The Hall–Kier alpha value is -0.900. The van der Waals surface area contributed by atoms with Gasteiger partial charge in [-0.3, -0.25) is 4.90 Å². The topological polar surface area (TPSA) is 52.1 Å². The maximum Gasteiger partial charge on any atom is 0.191 e. The first-order chi connectivity index (χ1) is 12.7. The average Bonchev–Trinajstić information content (AvgIpc) is 2.66. The van der Waals surface area contributed by atoms with Gasteiger partial charge < -0.3 is 20.3 Å². The smallest absolute Gasteiger partial charge is 0.191 e. The van der Waals surface area contributed by atoms with Crippen LogP contribution in [0.1, 0.15) is 25.0 Å². The van der Waals surface area contributed by atoms with Crippen molar-refractivity contribution < 1.29 is 4.74 Å². The maximum absolute atomic E-state index is 5.35. The van der Waals surface area contributed by atoms with Crippen LogP contribution >= 0.6 is 24.0 Å². The van der Waals surface area contributed by atoms with Gasteiger partial charge in [0, 0.05) is 52.4 Å². The number of nitrogens with zero attached hydrogens (tertiary/aromatic N) is 3. The lowest BCUT2D eigenvalue weighted by atomic mass is 10.1. The fourth-order valence-corrected chi connectivity index (χ4v) is 2.91. The molecule has 0 aromatic heterocycles. The first-order valence-corrected chi connectivity index (χ1v) is 9.80. The largest absolute Gasteiger partial charge is 0.380 e. The predicted molar refractivity (Wildman–Crippen MR) is 124 cm³/mol. The van der Waals surface area contributed by atoms with Crippen molar-refractivity contribution in [2.75, 3.05) is 59.5 Å². The summed E-state index contributed by atoms with van der Waals surface area (Å²) >= 11 is 0. The molecule has 1 aliphatic heterocycles. The Morgan fingerprint density at radius 1 is 1.04 bits per heavy atom. The van der Waals surface area contributed by atoms with Crippen molar-refractivity contribution in [2.45, 2.75) is 26.9 Å². The monoisotopic (exact) mass is 489 g/mol. The maximum atomic E-state index is 5.35. The molecule has 1 aromatic carbocycles. The van der Waals surface area contributed by atoms with Gasteiger partial charge in [-0.15, -0.1) is 24.0 Å². The van der Waals surface area contributed by atoms with Crippen LogP contribution in [0.2, 0.25) is 0 Å². The SMILES string of the molecule is CCNC(=NCc1ccc(CN2CCN(C)CC2)cc1)NCCOCC.I. The van der Waals surface area contributed by atoms with Crippen LogP contribution in [-0.4, -0.2) is 75.3 Å². The molecule has 154 valence electrons. The highest BCUT2D eigenvalue weighted by molar-refractivity contribution is 14.0. The molecular weight excluding hydrogens is 453 g/mol. The second-order valence-corrected chi connectivity index (χ2v) is 6.71. The fourth-order valence-electron chi connectivity index (χ4n) is 2.91. The molecule has 0 aliphatic carbocycles. The summed E-state index contributed by atoms with van der Waals surface area (Å²) in [5, 5.41) is 6.57. The Labute approximate surface area is 181 Å². The van der Waals surface area contributed by atoms with Crippen molar-refractivity contribution in [2.24, 2.45) is 4.99 Å². The van der Waals surface area contributed by atoms with E-state index in [1.54, 1.807) is 0 Å². The minimum absolute atomic E-state index is 0. The van der Waals surface area contributed by atoms with Gasteiger partial charge in [-0.1, -0.05) is 24.3 Å². The summed E-state index contributed by atoms with van der Waals surface area (Å²) in [5.41, 5.74) is 2.61. The minimum atomic E-state index is 0. The van der Waals surface area contributed by atoms with Crippen LogP contribution in [0.25, 0.3) is 0 Å². The summed E-state index contributed by atoms with van der Waals surface area (Å²) in [6.07, 6.45) is 0. The van der Waals surface area contributed by atoms with Gasteiger partial charge in [0.1, 0.15) is 0 Å². The van der Waals surface area contributed by atoms with E-state index < -0.39 is 0 Å². The molecule has 7 heteroatoms. The highest BCUT2D eigenvalue weighted by Gasteiger charge is 2.13. The van der Waals surface area contributed by atoms with Crippen molar-refractivity contribution in [1.29, 1.82) is 0 Å². The molecule has 27 heavy (non-hydrogen) atoms. The summed E-state index contributed by atoms with van der Waals surface area (Å²) in [4.78, 5) is 9.58. The lowest BCUT2D eigenvalue weighted by Gasteiger charge is -2.32. The molecule has 0 spiro atoms. The number of guanidine groups is 1. The number of ether oxygens (including phenoxy) is 1. The van der Waals surface area contributed by atoms with Crippen LogP contribution < -0.4 is 10.6 Å². The van der Waals surface area contributed by atoms with Crippen LogP contribution in [-0.2, 0) is 17.8 Å². The molecule has 0 saturated carbocycles. The average molecular weight is 489 g/mol. The number of likely N-dealkylation sites (N-methyl/N-ethyl adjacent to an activating group) is 1. The third-order valence-corrected chi connectivity index (χ3v) is 4.53. The summed E-state index contributed by atoms with van der Waals surface area (Å²) in [7, 11) is 2.19. The van der Waals surface area contributed by atoms with Gasteiger partial charge in [-0.05, 0) is 32.0 Å². The zero-order chi connectivity index (χ0) is 18.6. The van der Waals surface area contributed by atoms with Gasteiger partial charge in [0.15, 0.2) is 5.96 Å². The number of nitrogens with one attached hydrogen (secondary N) is 2. The molecule has 0 atom stereocenters. The van der Waals surface area contributed by atoms with Gasteiger partial charge in [-0.2, -0.15) is 0 Å². The van der Waals surface area contributed by atoms with Crippen molar-refractivity contribution in [1.82, 2.24) is 20.4 Å².